The van der Waals surface area contributed by atoms with Crippen molar-refractivity contribution in [2.24, 2.45) is 5.41 Å². The van der Waals surface area contributed by atoms with Crippen molar-refractivity contribution in [2.75, 3.05) is 26.2 Å². The van der Waals surface area contributed by atoms with Crippen molar-refractivity contribution >= 4 is 5.91 Å². The van der Waals surface area contributed by atoms with Gasteiger partial charge < -0.3 is 4.90 Å². The Bertz CT molecular complexity index is 320. The van der Waals surface area contributed by atoms with Gasteiger partial charge in [0.2, 0.25) is 5.91 Å². The summed E-state index contributed by atoms with van der Waals surface area (Å²) in [5, 5.41) is 8.99. The van der Waals surface area contributed by atoms with Crippen molar-refractivity contribution in [3.8, 4) is 6.07 Å². The first-order valence-corrected chi connectivity index (χ1v) is 6.04. The second-order valence-corrected chi connectivity index (χ2v) is 5.12. The molecule has 16 heavy (non-hydrogen) atoms. The maximum Gasteiger partial charge on any atom is 0.243 e. The van der Waals surface area contributed by atoms with Crippen molar-refractivity contribution in [2.45, 2.75) is 32.7 Å². The second kappa shape index (κ2) is 4.06. The SMILES string of the molecule is CC(C)N1CCN(C(=O)C2(C#N)CC2)CC1. The third-order valence-corrected chi connectivity index (χ3v) is 3.71. The van der Waals surface area contributed by atoms with E-state index in [-0.39, 0.29) is 5.91 Å². The summed E-state index contributed by atoms with van der Waals surface area (Å²) < 4.78 is 0. The van der Waals surface area contributed by atoms with Gasteiger partial charge in [-0.25, -0.2) is 0 Å². The molecule has 1 saturated carbocycles. The maximum absolute atomic E-state index is 12.1. The molecule has 88 valence electrons. The van der Waals surface area contributed by atoms with E-state index in [1.165, 1.54) is 0 Å². The summed E-state index contributed by atoms with van der Waals surface area (Å²) in [6.45, 7) is 7.78. The molecule has 0 spiro atoms. The van der Waals surface area contributed by atoms with Crippen LogP contribution in [0.5, 0.6) is 0 Å². The summed E-state index contributed by atoms with van der Waals surface area (Å²) in [5.74, 6) is 0.0680. The Hall–Kier alpha value is -1.08. The molecular formula is C12H19N3O. The molecule has 1 aliphatic carbocycles. The van der Waals surface area contributed by atoms with E-state index in [9.17, 15) is 4.79 Å². The molecular weight excluding hydrogens is 202 g/mol. The lowest BCUT2D eigenvalue weighted by Gasteiger charge is -2.37. The van der Waals surface area contributed by atoms with Gasteiger partial charge in [-0.15, -0.1) is 0 Å². The van der Waals surface area contributed by atoms with Gasteiger partial charge in [-0.1, -0.05) is 0 Å². The van der Waals surface area contributed by atoms with Gasteiger partial charge in [-0.2, -0.15) is 5.26 Å². The first-order chi connectivity index (χ1) is 7.59. The zero-order chi connectivity index (χ0) is 11.8. The average molecular weight is 221 g/mol. The van der Waals surface area contributed by atoms with Gasteiger partial charge in [0.15, 0.2) is 0 Å². The number of amides is 1. The van der Waals surface area contributed by atoms with Crippen LogP contribution in [-0.4, -0.2) is 47.9 Å². The molecule has 1 amide bonds. The highest BCUT2D eigenvalue weighted by atomic mass is 16.2. The van der Waals surface area contributed by atoms with Crippen LogP contribution in [0.2, 0.25) is 0 Å². The Morgan fingerprint density at radius 3 is 2.19 bits per heavy atom. The largest absolute Gasteiger partial charge is 0.339 e. The first-order valence-electron chi connectivity index (χ1n) is 6.04. The lowest BCUT2D eigenvalue weighted by atomic mass is 10.1. The molecule has 0 aromatic rings. The van der Waals surface area contributed by atoms with Gasteiger partial charge in [0, 0.05) is 32.2 Å². The zero-order valence-corrected chi connectivity index (χ0v) is 10.1. The number of carbonyl (C=O) groups is 1. The van der Waals surface area contributed by atoms with Crippen molar-refractivity contribution in [3.63, 3.8) is 0 Å². The van der Waals surface area contributed by atoms with Gasteiger partial charge in [0.25, 0.3) is 0 Å². The second-order valence-electron chi connectivity index (χ2n) is 5.12. The Morgan fingerprint density at radius 1 is 1.25 bits per heavy atom. The third kappa shape index (κ3) is 1.92. The molecule has 1 saturated heterocycles. The number of hydrogen-bond acceptors (Lipinski definition) is 3. The Morgan fingerprint density at radius 2 is 1.81 bits per heavy atom. The number of piperazine rings is 1. The standard InChI is InChI=1S/C12H19N3O/c1-10(2)14-5-7-15(8-6-14)11(16)12(9-13)3-4-12/h10H,3-8H2,1-2H3. The van der Waals surface area contributed by atoms with Crippen LogP contribution in [0.1, 0.15) is 26.7 Å². The van der Waals surface area contributed by atoms with Gasteiger partial charge in [-0.3, -0.25) is 9.69 Å². The van der Waals surface area contributed by atoms with E-state index in [0.717, 1.165) is 39.0 Å². The fourth-order valence-electron chi connectivity index (χ4n) is 2.24. The Balaban J connectivity index is 1.90. The van der Waals surface area contributed by atoms with Crippen LogP contribution in [0.25, 0.3) is 0 Å². The summed E-state index contributed by atoms with van der Waals surface area (Å²) in [6, 6.07) is 2.72. The molecule has 2 fully saturated rings. The molecule has 2 aliphatic rings. The average Bonchev–Trinajstić information content (AvgIpc) is 3.09. The Kier molecular flexibility index (Phi) is 2.90. The van der Waals surface area contributed by atoms with Crippen LogP contribution in [0.4, 0.5) is 0 Å². The van der Waals surface area contributed by atoms with Gasteiger partial charge in [-0.05, 0) is 26.7 Å². The number of hydrogen-bond donors (Lipinski definition) is 0. The fourth-order valence-corrected chi connectivity index (χ4v) is 2.24. The lowest BCUT2D eigenvalue weighted by molar-refractivity contribution is -0.137. The molecule has 0 bridgehead atoms. The van der Waals surface area contributed by atoms with Crippen molar-refractivity contribution in [3.05, 3.63) is 0 Å². The van der Waals surface area contributed by atoms with E-state index < -0.39 is 5.41 Å². The smallest absolute Gasteiger partial charge is 0.243 e. The minimum absolute atomic E-state index is 0.0680. The summed E-state index contributed by atoms with van der Waals surface area (Å²) >= 11 is 0. The highest BCUT2D eigenvalue weighted by molar-refractivity contribution is 5.88. The molecule has 0 unspecified atom stereocenters. The predicted octanol–water partition coefficient (Wildman–Crippen LogP) is 0.843. The minimum Gasteiger partial charge on any atom is -0.339 e. The van der Waals surface area contributed by atoms with E-state index in [2.05, 4.69) is 24.8 Å². The van der Waals surface area contributed by atoms with Gasteiger partial charge in [0.05, 0.1) is 6.07 Å². The number of nitrogens with zero attached hydrogens (tertiary/aromatic N) is 3. The molecule has 0 radical (unpaired) electrons. The van der Waals surface area contributed by atoms with Crippen molar-refractivity contribution < 1.29 is 4.79 Å². The highest BCUT2D eigenvalue weighted by Gasteiger charge is 2.52. The highest BCUT2D eigenvalue weighted by Crippen LogP contribution is 2.46. The lowest BCUT2D eigenvalue weighted by Crippen LogP contribution is -2.52. The number of nitriles is 1. The molecule has 0 aromatic heterocycles. The number of carbonyl (C=O) groups excluding carboxylic acids is 1. The van der Waals surface area contributed by atoms with Gasteiger partial charge in [0.1, 0.15) is 5.41 Å². The zero-order valence-electron chi connectivity index (χ0n) is 10.1. The summed E-state index contributed by atoms with van der Waals surface area (Å²) in [6.07, 6.45) is 1.51. The number of rotatable bonds is 2. The Labute approximate surface area is 96.8 Å². The molecule has 4 heteroatoms. The van der Waals surface area contributed by atoms with Crippen LogP contribution >= 0.6 is 0 Å². The minimum atomic E-state index is -0.639. The summed E-state index contributed by atoms with van der Waals surface area (Å²) in [7, 11) is 0. The molecule has 1 aliphatic heterocycles. The molecule has 0 aromatic carbocycles. The molecule has 4 nitrogen and oxygen atoms in total. The molecule has 0 N–H and O–H groups in total. The van der Waals surface area contributed by atoms with E-state index in [0.29, 0.717) is 6.04 Å². The molecule has 0 atom stereocenters. The quantitative estimate of drug-likeness (QED) is 0.694. The third-order valence-electron chi connectivity index (χ3n) is 3.71. The topological polar surface area (TPSA) is 47.3 Å². The van der Waals surface area contributed by atoms with Crippen LogP contribution < -0.4 is 0 Å². The summed E-state index contributed by atoms with van der Waals surface area (Å²) in [5.41, 5.74) is -0.639. The van der Waals surface area contributed by atoms with Crippen molar-refractivity contribution in [1.82, 2.24) is 9.80 Å². The van der Waals surface area contributed by atoms with E-state index in [1.54, 1.807) is 0 Å². The molecule has 2 rings (SSSR count). The van der Waals surface area contributed by atoms with E-state index >= 15 is 0 Å². The van der Waals surface area contributed by atoms with Crippen molar-refractivity contribution in [1.29, 1.82) is 5.26 Å². The molecule has 1 heterocycles. The normalized spacial score (nSPS) is 24.2. The van der Waals surface area contributed by atoms with E-state index in [4.69, 9.17) is 5.26 Å². The van der Waals surface area contributed by atoms with Gasteiger partial charge >= 0.3 is 0 Å². The van der Waals surface area contributed by atoms with Crippen LogP contribution in [-0.2, 0) is 4.79 Å². The predicted molar refractivity (Wildman–Crippen MR) is 60.6 cm³/mol. The first kappa shape index (κ1) is 11.4. The van der Waals surface area contributed by atoms with Crippen LogP contribution in [0, 0.1) is 16.7 Å². The fraction of sp³-hybridized carbons (Fsp3) is 0.833. The van der Waals surface area contributed by atoms with Crippen LogP contribution in [0.15, 0.2) is 0 Å². The van der Waals surface area contributed by atoms with Crippen LogP contribution in [0.3, 0.4) is 0 Å². The maximum atomic E-state index is 12.1. The monoisotopic (exact) mass is 221 g/mol. The van der Waals surface area contributed by atoms with E-state index in [1.807, 2.05) is 4.90 Å². The summed E-state index contributed by atoms with van der Waals surface area (Å²) in [4.78, 5) is 16.3.